The SMILES string of the molecule is CC(C)(C)OC(=O)n1ncc2c1[C@H](NC(=O)OCc1ccccc1)C[C@@H](c1ccc(-c3ccc(Cl)cc3)cc1)N2. The summed E-state index contributed by atoms with van der Waals surface area (Å²) < 4.78 is 12.3. The molecule has 0 bridgehead atoms. The van der Waals surface area contributed by atoms with Crippen molar-refractivity contribution in [2.24, 2.45) is 0 Å². The van der Waals surface area contributed by atoms with Crippen LogP contribution < -0.4 is 10.6 Å². The van der Waals surface area contributed by atoms with Crippen molar-refractivity contribution in [2.75, 3.05) is 5.32 Å². The molecule has 1 amide bonds. The Hall–Kier alpha value is -4.30. The average Bonchev–Trinajstić information content (AvgIpc) is 3.37. The fraction of sp³-hybridized carbons (Fsp3) is 0.258. The Balaban J connectivity index is 1.39. The number of rotatable bonds is 5. The molecular formula is C31H31ClN4O4. The van der Waals surface area contributed by atoms with Crippen LogP contribution in [0.2, 0.25) is 5.02 Å². The van der Waals surface area contributed by atoms with Crippen LogP contribution in [0.3, 0.4) is 0 Å². The molecule has 0 saturated heterocycles. The van der Waals surface area contributed by atoms with Gasteiger partial charge in [-0.05, 0) is 61.6 Å². The minimum Gasteiger partial charge on any atom is -0.445 e. The predicted molar refractivity (Wildman–Crippen MR) is 154 cm³/mol. The first kappa shape index (κ1) is 27.3. The molecule has 40 heavy (non-hydrogen) atoms. The number of alkyl carbamates (subject to hydrolysis) is 1. The number of aromatic nitrogens is 2. The Bertz CT molecular complexity index is 1480. The summed E-state index contributed by atoms with van der Waals surface area (Å²) in [5.74, 6) is 0. The van der Waals surface area contributed by atoms with Crippen molar-refractivity contribution in [3.05, 3.63) is 107 Å². The van der Waals surface area contributed by atoms with E-state index in [2.05, 4.69) is 40.0 Å². The molecule has 0 fully saturated rings. The number of carbonyl (C=O) groups is 2. The number of benzene rings is 3. The molecule has 4 aromatic rings. The number of hydrogen-bond acceptors (Lipinski definition) is 6. The van der Waals surface area contributed by atoms with Gasteiger partial charge in [-0.2, -0.15) is 9.78 Å². The molecule has 206 valence electrons. The maximum absolute atomic E-state index is 13.0. The second kappa shape index (κ2) is 11.4. The molecule has 5 rings (SSSR count). The van der Waals surface area contributed by atoms with Gasteiger partial charge in [0.2, 0.25) is 0 Å². The van der Waals surface area contributed by atoms with Crippen molar-refractivity contribution in [1.29, 1.82) is 0 Å². The third-order valence-corrected chi connectivity index (χ3v) is 6.75. The van der Waals surface area contributed by atoms with Crippen LogP contribution in [0.15, 0.2) is 85.1 Å². The van der Waals surface area contributed by atoms with Gasteiger partial charge in [0.15, 0.2) is 0 Å². The van der Waals surface area contributed by atoms with Gasteiger partial charge in [0.1, 0.15) is 12.2 Å². The number of nitrogens with one attached hydrogen (secondary N) is 2. The number of anilines is 1. The highest BCUT2D eigenvalue weighted by atomic mass is 35.5. The van der Waals surface area contributed by atoms with Gasteiger partial charge >= 0.3 is 12.2 Å². The lowest BCUT2D eigenvalue weighted by molar-refractivity contribution is 0.0504. The summed E-state index contributed by atoms with van der Waals surface area (Å²) in [5.41, 5.74) is 4.48. The summed E-state index contributed by atoms with van der Waals surface area (Å²) in [6.45, 7) is 5.50. The lowest BCUT2D eigenvalue weighted by Gasteiger charge is -2.32. The summed E-state index contributed by atoms with van der Waals surface area (Å²) in [6.07, 6.45) is 0.834. The van der Waals surface area contributed by atoms with Crippen LogP contribution in [0.5, 0.6) is 0 Å². The second-order valence-corrected chi connectivity index (χ2v) is 11.1. The lowest BCUT2D eigenvalue weighted by Crippen LogP contribution is -2.37. The Kier molecular flexibility index (Phi) is 7.80. The number of nitrogens with zero attached hydrogens (tertiary/aromatic N) is 2. The lowest BCUT2D eigenvalue weighted by atomic mass is 9.92. The largest absolute Gasteiger partial charge is 0.445 e. The monoisotopic (exact) mass is 558 g/mol. The smallest absolute Gasteiger partial charge is 0.435 e. The summed E-state index contributed by atoms with van der Waals surface area (Å²) in [4.78, 5) is 25.9. The molecule has 9 heteroatoms. The van der Waals surface area contributed by atoms with E-state index < -0.39 is 23.8 Å². The fourth-order valence-corrected chi connectivity index (χ4v) is 4.78. The zero-order valence-corrected chi connectivity index (χ0v) is 23.3. The molecule has 0 saturated carbocycles. The second-order valence-electron chi connectivity index (χ2n) is 10.7. The van der Waals surface area contributed by atoms with Crippen LogP contribution in [0.1, 0.15) is 56.1 Å². The number of ether oxygens (including phenoxy) is 2. The zero-order valence-electron chi connectivity index (χ0n) is 22.6. The van der Waals surface area contributed by atoms with Gasteiger partial charge in [0.25, 0.3) is 0 Å². The molecule has 2 atom stereocenters. The van der Waals surface area contributed by atoms with E-state index in [-0.39, 0.29) is 12.6 Å². The van der Waals surface area contributed by atoms with Crippen LogP contribution in [0.4, 0.5) is 15.3 Å². The van der Waals surface area contributed by atoms with E-state index in [1.54, 1.807) is 27.0 Å². The van der Waals surface area contributed by atoms with E-state index in [4.69, 9.17) is 21.1 Å². The van der Waals surface area contributed by atoms with Crippen LogP contribution in [0.25, 0.3) is 11.1 Å². The molecule has 0 unspecified atom stereocenters. The Morgan fingerprint density at radius 2 is 1.65 bits per heavy atom. The minimum atomic E-state index is -0.704. The van der Waals surface area contributed by atoms with Crippen molar-refractivity contribution < 1.29 is 19.1 Å². The average molecular weight is 559 g/mol. The van der Waals surface area contributed by atoms with Gasteiger partial charge in [-0.25, -0.2) is 9.59 Å². The van der Waals surface area contributed by atoms with Crippen LogP contribution in [-0.2, 0) is 16.1 Å². The van der Waals surface area contributed by atoms with Crippen molar-refractivity contribution in [2.45, 2.75) is 51.5 Å². The molecule has 8 nitrogen and oxygen atoms in total. The topological polar surface area (TPSA) is 94.5 Å². The van der Waals surface area contributed by atoms with Gasteiger partial charge in [0, 0.05) is 5.02 Å². The third-order valence-electron chi connectivity index (χ3n) is 6.50. The molecule has 1 aliphatic rings. The third kappa shape index (κ3) is 6.46. The van der Waals surface area contributed by atoms with Gasteiger partial charge < -0.3 is 20.1 Å². The van der Waals surface area contributed by atoms with Crippen LogP contribution >= 0.6 is 11.6 Å². The Morgan fingerprint density at radius 3 is 2.30 bits per heavy atom. The van der Waals surface area contributed by atoms with Crippen molar-refractivity contribution in [1.82, 2.24) is 15.1 Å². The van der Waals surface area contributed by atoms with E-state index in [9.17, 15) is 9.59 Å². The Labute approximate surface area is 238 Å². The highest BCUT2D eigenvalue weighted by molar-refractivity contribution is 6.30. The maximum Gasteiger partial charge on any atom is 0.435 e. The van der Waals surface area contributed by atoms with Crippen LogP contribution in [0, 0.1) is 0 Å². The van der Waals surface area contributed by atoms with Gasteiger partial charge in [-0.1, -0.05) is 78.3 Å². The number of carbonyl (C=O) groups excluding carboxylic acids is 2. The van der Waals surface area contributed by atoms with Crippen molar-refractivity contribution >= 4 is 29.5 Å². The molecule has 1 aliphatic heterocycles. The van der Waals surface area contributed by atoms with Gasteiger partial charge in [-0.3, -0.25) is 0 Å². The summed E-state index contributed by atoms with van der Waals surface area (Å²) >= 11 is 6.04. The first-order valence-electron chi connectivity index (χ1n) is 13.1. The number of halogens is 1. The molecule has 0 radical (unpaired) electrons. The van der Waals surface area contributed by atoms with Crippen molar-refractivity contribution in [3.63, 3.8) is 0 Å². The van der Waals surface area contributed by atoms with E-state index in [0.717, 1.165) is 22.3 Å². The minimum absolute atomic E-state index is 0.130. The molecule has 3 aromatic carbocycles. The molecular weight excluding hydrogens is 528 g/mol. The predicted octanol–water partition coefficient (Wildman–Crippen LogP) is 7.51. The molecule has 2 N–H and O–H groups in total. The first-order chi connectivity index (χ1) is 19.2. The van der Waals surface area contributed by atoms with Gasteiger partial charge in [0.05, 0.1) is 29.7 Å². The number of amides is 1. The standard InChI is InChI=1S/C31H31ClN4O4/c1-31(2,3)40-30(38)36-28-26(35-29(37)39-19-20-7-5-4-6-8-20)17-25(34-27(28)18-33-36)23-11-9-21(10-12-23)22-13-15-24(32)16-14-22/h4-16,18,25-26,34H,17,19H2,1-3H3,(H,35,37)/t25-,26+/m0/s1. The number of fused-ring (bicyclic) bond motifs is 1. The molecule has 0 aliphatic carbocycles. The van der Waals surface area contributed by atoms with Crippen LogP contribution in [-0.4, -0.2) is 27.6 Å². The fourth-order valence-electron chi connectivity index (χ4n) is 4.65. The van der Waals surface area contributed by atoms with Gasteiger partial charge in [-0.15, -0.1) is 0 Å². The molecule has 1 aromatic heterocycles. The Morgan fingerprint density at radius 1 is 1.00 bits per heavy atom. The normalized spacial score (nSPS) is 16.4. The van der Waals surface area contributed by atoms with E-state index in [0.29, 0.717) is 22.8 Å². The highest BCUT2D eigenvalue weighted by Gasteiger charge is 2.35. The first-order valence-corrected chi connectivity index (χ1v) is 13.4. The van der Waals surface area contributed by atoms with E-state index in [1.807, 2.05) is 54.6 Å². The zero-order chi connectivity index (χ0) is 28.3. The van der Waals surface area contributed by atoms with E-state index >= 15 is 0 Å². The molecule has 0 spiro atoms. The summed E-state index contributed by atoms with van der Waals surface area (Å²) in [7, 11) is 0. The highest BCUT2D eigenvalue weighted by Crippen LogP contribution is 2.39. The van der Waals surface area contributed by atoms with E-state index in [1.165, 1.54) is 4.68 Å². The molecule has 2 heterocycles. The quantitative estimate of drug-likeness (QED) is 0.263. The maximum atomic E-state index is 13.0. The number of hydrogen-bond donors (Lipinski definition) is 2. The summed E-state index contributed by atoms with van der Waals surface area (Å²) in [5, 5.41) is 11.4. The van der Waals surface area contributed by atoms with Crippen molar-refractivity contribution in [3.8, 4) is 11.1 Å². The summed E-state index contributed by atoms with van der Waals surface area (Å²) in [6, 6.07) is 24.6.